The molecule has 0 bridgehead atoms. The minimum atomic E-state index is -5.18. The number of carbonyl (C=O) groups is 3. The fourth-order valence-corrected chi connectivity index (χ4v) is 11.7. The molecule has 0 saturated carbocycles. The molecule has 0 aliphatic heterocycles. The van der Waals surface area contributed by atoms with Crippen LogP contribution in [-0.4, -0.2) is 34.3 Å². The van der Waals surface area contributed by atoms with E-state index in [2.05, 4.69) is 15.5 Å². The number of phosphoric ester groups is 1. The Kier molecular flexibility index (Phi) is 11.5. The molecule has 0 aliphatic carbocycles. The molecule has 0 saturated heterocycles. The minimum absolute atomic E-state index is 0.00158. The zero-order chi connectivity index (χ0) is 41.1. The van der Waals surface area contributed by atoms with Gasteiger partial charge in [-0.2, -0.15) is 0 Å². The summed E-state index contributed by atoms with van der Waals surface area (Å²) in [6, 6.07) is 4.36. The second-order valence-electron chi connectivity index (χ2n) is 20.0. The summed E-state index contributed by atoms with van der Waals surface area (Å²) in [7, 11) is -5.18. The van der Waals surface area contributed by atoms with Crippen LogP contribution in [0.1, 0.15) is 173 Å². The highest BCUT2D eigenvalue weighted by Crippen LogP contribution is 2.74. The van der Waals surface area contributed by atoms with E-state index < -0.39 is 57.1 Å². The molecule has 53 heavy (non-hydrogen) atoms. The lowest BCUT2D eigenvalue weighted by molar-refractivity contribution is -0.223. The average molecular weight is 762 g/mol. The van der Waals surface area contributed by atoms with Gasteiger partial charge in [-0.1, -0.05) is 140 Å². The summed E-state index contributed by atoms with van der Waals surface area (Å²) >= 11 is 0. The van der Waals surface area contributed by atoms with Crippen LogP contribution in [0.4, 0.5) is 0 Å². The molecule has 0 aliphatic rings. The molecule has 3 aromatic rings. The monoisotopic (exact) mass is 761 g/mol. The smallest absolute Gasteiger partial charge is 0.357 e. The largest absolute Gasteiger partial charge is 0.477 e. The molecule has 3 aromatic heterocycles. The van der Waals surface area contributed by atoms with Crippen LogP contribution < -0.4 is 0 Å². The highest BCUT2D eigenvalue weighted by atomic mass is 31.2. The molecule has 3 heterocycles. The predicted molar refractivity (Wildman–Crippen MR) is 198 cm³/mol. The van der Waals surface area contributed by atoms with E-state index in [1.807, 2.05) is 125 Å². The van der Waals surface area contributed by atoms with Crippen molar-refractivity contribution in [2.45, 2.75) is 141 Å². The number of nitrogens with zero attached hydrogens (tertiary/aromatic N) is 3. The van der Waals surface area contributed by atoms with Crippen LogP contribution in [0, 0.1) is 32.5 Å². The summed E-state index contributed by atoms with van der Waals surface area (Å²) in [4.78, 5) is 35.9. The Bertz CT molecular complexity index is 1570. The third-order valence-corrected chi connectivity index (χ3v) is 11.6. The van der Waals surface area contributed by atoms with Crippen LogP contribution in [0.3, 0.4) is 0 Å². The molecule has 13 nitrogen and oxygen atoms in total. The molecule has 0 amide bonds. The van der Waals surface area contributed by atoms with Gasteiger partial charge in [-0.25, -0.2) is 4.57 Å². The van der Waals surface area contributed by atoms with Crippen molar-refractivity contribution >= 4 is 26.7 Å². The van der Waals surface area contributed by atoms with E-state index in [1.54, 1.807) is 0 Å². The number of aromatic nitrogens is 3. The van der Waals surface area contributed by atoms with Crippen molar-refractivity contribution in [2.24, 2.45) is 32.5 Å². The number of hydrogen-bond donors (Lipinski definition) is 0. The first-order valence-corrected chi connectivity index (χ1v) is 19.2. The van der Waals surface area contributed by atoms with Crippen LogP contribution in [0.5, 0.6) is 0 Å². The van der Waals surface area contributed by atoms with Gasteiger partial charge in [0.05, 0.1) is 0 Å². The summed E-state index contributed by atoms with van der Waals surface area (Å²) in [5.41, 5.74) is -10.8. The first kappa shape index (κ1) is 44.1. The van der Waals surface area contributed by atoms with Crippen molar-refractivity contribution in [3.05, 3.63) is 52.6 Å². The van der Waals surface area contributed by atoms with Gasteiger partial charge in [0, 0.05) is 18.2 Å². The number of hydrogen-bond acceptors (Lipinski definition) is 13. The van der Waals surface area contributed by atoms with Gasteiger partial charge in [0.25, 0.3) is 0 Å². The summed E-state index contributed by atoms with van der Waals surface area (Å²) in [6.45, 7) is 33.9. The molecule has 296 valence electrons. The van der Waals surface area contributed by atoms with E-state index in [-0.39, 0.29) is 34.4 Å². The van der Waals surface area contributed by atoms with Crippen molar-refractivity contribution in [1.29, 1.82) is 0 Å². The SMILES string of the molecule is CC(C)(C)C(OP(=O)(OC(c1cc(C=O)no1)(C(C)(C)C)C(C)(C)C)OC(c1cc(C=O)no1)(C(C)(C)C)C(C)(C)C)(c1cc(C=O)no1)C(C)(C)C. The van der Waals surface area contributed by atoms with Gasteiger partial charge < -0.3 is 13.6 Å². The van der Waals surface area contributed by atoms with Gasteiger partial charge in [0.2, 0.25) is 0 Å². The average Bonchev–Trinajstić information content (AvgIpc) is 3.75. The van der Waals surface area contributed by atoms with Crippen molar-refractivity contribution in [1.82, 2.24) is 15.5 Å². The number of carbonyl (C=O) groups excluding carboxylic acids is 3. The van der Waals surface area contributed by atoms with E-state index in [9.17, 15) is 14.4 Å². The maximum absolute atomic E-state index is 16.8. The summed E-state index contributed by atoms with van der Waals surface area (Å²) in [5.74, 6) is 0.311. The van der Waals surface area contributed by atoms with E-state index in [1.165, 1.54) is 18.2 Å². The lowest BCUT2D eigenvalue weighted by atomic mass is 9.61. The Hall–Kier alpha value is -3.25. The molecule has 0 unspecified atom stereocenters. The van der Waals surface area contributed by atoms with E-state index in [0.29, 0.717) is 18.9 Å². The Morgan fingerprint density at radius 3 is 0.755 bits per heavy atom. The Morgan fingerprint density at radius 1 is 0.434 bits per heavy atom. The lowest BCUT2D eigenvalue weighted by Crippen LogP contribution is -2.56. The Balaban J connectivity index is 2.69. The quantitative estimate of drug-likeness (QED) is 0.126. The third-order valence-electron chi connectivity index (χ3n) is 10.1. The van der Waals surface area contributed by atoms with Gasteiger partial charge in [-0.15, -0.1) is 0 Å². The van der Waals surface area contributed by atoms with Gasteiger partial charge in [-0.3, -0.25) is 28.0 Å². The minimum Gasteiger partial charge on any atom is -0.357 e. The molecular formula is C39H60N3O10P. The van der Waals surface area contributed by atoms with Crippen LogP contribution in [0.25, 0.3) is 0 Å². The van der Waals surface area contributed by atoms with Gasteiger partial charge >= 0.3 is 7.82 Å². The molecular weight excluding hydrogens is 701 g/mol. The zero-order valence-corrected chi connectivity index (χ0v) is 35.7. The molecule has 3 rings (SSSR count). The first-order chi connectivity index (χ1) is 23.7. The Labute approximate surface area is 314 Å². The second kappa shape index (κ2) is 13.8. The van der Waals surface area contributed by atoms with Crippen molar-refractivity contribution in [3.8, 4) is 0 Å². The van der Waals surface area contributed by atoms with Crippen LogP contribution in [-0.2, 0) is 34.9 Å². The van der Waals surface area contributed by atoms with Crippen molar-refractivity contribution in [2.75, 3.05) is 0 Å². The fourth-order valence-electron chi connectivity index (χ4n) is 8.64. The molecule has 14 heteroatoms. The van der Waals surface area contributed by atoms with Crippen LogP contribution in [0.15, 0.2) is 31.8 Å². The summed E-state index contributed by atoms with van der Waals surface area (Å²) in [5, 5.41) is 11.9. The number of aldehydes is 3. The lowest BCUT2D eigenvalue weighted by Gasteiger charge is -2.57. The molecule has 0 aromatic carbocycles. The maximum Gasteiger partial charge on any atom is 0.477 e. The predicted octanol–water partition coefficient (Wildman–Crippen LogP) is 10.5. The standard InChI is InChI=1S/C39H60N3O10P/c1-31(2,3)37(32(4,5)6,28-19-25(22-43)40-47-28)50-53(46,51-38(33(7,8)9,34(10,11)12)29-20-26(23-44)41-48-29)52-39(35(13,14)15,36(16,17)18)30-21-27(24-45)42-49-30/h19-24H,1-18H3. The molecule has 0 fully saturated rings. The molecule has 0 spiro atoms. The third kappa shape index (κ3) is 7.43. The summed E-state index contributed by atoms with van der Waals surface area (Å²) < 4.78 is 56.1. The number of phosphoric acid groups is 1. The Morgan fingerprint density at radius 2 is 0.623 bits per heavy atom. The van der Waals surface area contributed by atoms with Gasteiger partial charge in [-0.05, 0) is 32.5 Å². The van der Waals surface area contributed by atoms with E-state index >= 15 is 4.57 Å². The van der Waals surface area contributed by atoms with Crippen LogP contribution >= 0.6 is 7.82 Å². The highest BCUT2D eigenvalue weighted by Gasteiger charge is 2.68. The normalized spacial score (nSPS) is 14.8. The van der Waals surface area contributed by atoms with E-state index in [0.717, 1.165) is 0 Å². The number of rotatable bonds is 12. The van der Waals surface area contributed by atoms with Crippen molar-refractivity contribution in [3.63, 3.8) is 0 Å². The highest BCUT2D eigenvalue weighted by molar-refractivity contribution is 7.48. The maximum atomic E-state index is 16.8. The van der Waals surface area contributed by atoms with Gasteiger partial charge in [0.1, 0.15) is 33.9 Å². The molecule has 0 atom stereocenters. The second-order valence-corrected chi connectivity index (χ2v) is 21.4. The van der Waals surface area contributed by atoms with E-state index in [4.69, 9.17) is 27.1 Å². The first-order valence-electron chi connectivity index (χ1n) is 17.7. The molecule has 0 N–H and O–H groups in total. The summed E-state index contributed by atoms with van der Waals surface area (Å²) in [6.07, 6.45) is 1.65. The zero-order valence-electron chi connectivity index (χ0n) is 34.8. The molecule has 0 radical (unpaired) electrons. The van der Waals surface area contributed by atoms with Gasteiger partial charge in [0.15, 0.2) is 36.1 Å². The van der Waals surface area contributed by atoms with Crippen molar-refractivity contribution < 1.29 is 46.1 Å². The van der Waals surface area contributed by atoms with Crippen LogP contribution in [0.2, 0.25) is 0 Å². The fraction of sp³-hybridized carbons (Fsp3) is 0.692. The topological polar surface area (TPSA) is 174 Å².